The Morgan fingerprint density at radius 1 is 1.43 bits per heavy atom. The van der Waals surface area contributed by atoms with Crippen LogP contribution in [-0.2, 0) is 0 Å². The molecule has 1 saturated heterocycles. The Kier molecular flexibility index (Phi) is 4.94. The molecule has 0 saturated carbocycles. The number of aromatic nitrogens is 1. The zero-order valence-corrected chi connectivity index (χ0v) is 12.8. The van der Waals surface area contributed by atoms with Gasteiger partial charge >= 0.3 is 0 Å². The molecule has 21 heavy (non-hydrogen) atoms. The van der Waals surface area contributed by atoms with Crippen molar-refractivity contribution in [2.75, 3.05) is 26.7 Å². The van der Waals surface area contributed by atoms with E-state index in [9.17, 15) is 4.79 Å². The number of rotatable bonds is 1. The van der Waals surface area contributed by atoms with Crippen molar-refractivity contribution in [3.63, 3.8) is 0 Å². The lowest BCUT2D eigenvalue weighted by atomic mass is 10.1. The largest absolute Gasteiger partial charge is 0.335 e. The topological polar surface area (TPSA) is 62.5 Å². The van der Waals surface area contributed by atoms with Gasteiger partial charge in [0.2, 0.25) is 0 Å². The summed E-state index contributed by atoms with van der Waals surface area (Å²) >= 11 is 0. The minimum absolute atomic E-state index is 0.0190. The zero-order valence-electron chi connectivity index (χ0n) is 12.8. The first-order valence-electron chi connectivity index (χ1n) is 7.18. The van der Waals surface area contributed by atoms with Crippen LogP contribution in [0, 0.1) is 11.8 Å². The third-order valence-corrected chi connectivity index (χ3v) is 4.02. The maximum Gasteiger partial charge on any atom is 0.255 e. The maximum atomic E-state index is 12.8. The van der Waals surface area contributed by atoms with Crippen molar-refractivity contribution in [1.29, 1.82) is 0 Å². The van der Waals surface area contributed by atoms with Gasteiger partial charge in [-0.15, -0.1) is 0 Å². The van der Waals surface area contributed by atoms with Gasteiger partial charge in [0.05, 0.1) is 17.7 Å². The highest BCUT2D eigenvalue weighted by molar-refractivity contribution is 5.96. The summed E-state index contributed by atoms with van der Waals surface area (Å²) in [6, 6.07) is 2.42. The average molecular weight is 286 g/mol. The Morgan fingerprint density at radius 3 is 2.71 bits per heavy atom. The van der Waals surface area contributed by atoms with Crippen molar-refractivity contribution in [3.05, 3.63) is 29.6 Å². The van der Waals surface area contributed by atoms with E-state index in [4.69, 9.17) is 5.73 Å². The first-order chi connectivity index (χ1) is 10.0. The van der Waals surface area contributed by atoms with Gasteiger partial charge in [0, 0.05) is 37.6 Å². The number of hydrogen-bond donors (Lipinski definition) is 1. The predicted octanol–water partition coefficient (Wildman–Crippen LogP) is 0.556. The number of pyridine rings is 1. The number of carbonyl (C=O) groups excluding carboxylic acids is 1. The molecule has 0 bridgehead atoms. The second-order valence-electron chi connectivity index (χ2n) is 5.50. The standard InChI is InChI=1S/C16H22N4O/c1-12-10-20(11-13(2)19(12)3)16(21)15-6-8-18-9-14(15)5-4-7-17/h6,8-9,12-13H,7,10-11,17H2,1-3H3. The molecule has 5 heteroatoms. The smallest absolute Gasteiger partial charge is 0.255 e. The van der Waals surface area contributed by atoms with E-state index in [0.717, 1.165) is 13.1 Å². The van der Waals surface area contributed by atoms with Crippen LogP contribution in [0.2, 0.25) is 0 Å². The number of likely N-dealkylation sites (N-methyl/N-ethyl adjacent to an activating group) is 1. The summed E-state index contributed by atoms with van der Waals surface area (Å²) in [4.78, 5) is 21.0. The number of nitrogens with two attached hydrogens (primary N) is 1. The van der Waals surface area contributed by atoms with E-state index in [1.165, 1.54) is 0 Å². The summed E-state index contributed by atoms with van der Waals surface area (Å²) in [5.74, 6) is 5.73. The minimum Gasteiger partial charge on any atom is -0.335 e. The Bertz CT molecular complexity index is 563. The van der Waals surface area contributed by atoms with Crippen molar-refractivity contribution in [2.45, 2.75) is 25.9 Å². The summed E-state index contributed by atoms with van der Waals surface area (Å²) in [6.07, 6.45) is 3.25. The summed E-state index contributed by atoms with van der Waals surface area (Å²) < 4.78 is 0. The summed E-state index contributed by atoms with van der Waals surface area (Å²) in [7, 11) is 2.10. The highest BCUT2D eigenvalue weighted by Gasteiger charge is 2.30. The van der Waals surface area contributed by atoms with Gasteiger partial charge in [-0.3, -0.25) is 14.7 Å². The van der Waals surface area contributed by atoms with Crippen LogP contribution < -0.4 is 5.73 Å². The number of carbonyl (C=O) groups is 1. The number of amides is 1. The van der Waals surface area contributed by atoms with E-state index in [1.807, 2.05) is 4.90 Å². The van der Waals surface area contributed by atoms with Gasteiger partial charge in [0.15, 0.2) is 0 Å². The lowest BCUT2D eigenvalue weighted by Gasteiger charge is -2.42. The second-order valence-corrected chi connectivity index (χ2v) is 5.50. The molecule has 0 radical (unpaired) electrons. The van der Waals surface area contributed by atoms with Crippen LogP contribution in [0.25, 0.3) is 0 Å². The first kappa shape index (κ1) is 15.5. The molecule has 1 aliphatic heterocycles. The molecule has 1 fully saturated rings. The van der Waals surface area contributed by atoms with E-state index in [0.29, 0.717) is 23.2 Å². The first-order valence-corrected chi connectivity index (χ1v) is 7.18. The molecule has 1 aliphatic rings. The van der Waals surface area contributed by atoms with Crippen molar-refractivity contribution >= 4 is 5.91 Å². The van der Waals surface area contributed by atoms with Crippen molar-refractivity contribution in [2.24, 2.45) is 5.73 Å². The Morgan fingerprint density at radius 2 is 2.10 bits per heavy atom. The van der Waals surface area contributed by atoms with E-state index >= 15 is 0 Å². The fourth-order valence-corrected chi connectivity index (χ4v) is 2.57. The fourth-order valence-electron chi connectivity index (χ4n) is 2.57. The molecule has 5 nitrogen and oxygen atoms in total. The molecule has 112 valence electrons. The van der Waals surface area contributed by atoms with E-state index in [1.54, 1.807) is 18.5 Å². The van der Waals surface area contributed by atoms with Crippen LogP contribution in [0.1, 0.15) is 29.8 Å². The molecule has 2 atom stereocenters. The van der Waals surface area contributed by atoms with Crippen LogP contribution in [0.5, 0.6) is 0 Å². The molecule has 1 aromatic rings. The monoisotopic (exact) mass is 286 g/mol. The molecule has 1 aromatic heterocycles. The third kappa shape index (κ3) is 3.41. The minimum atomic E-state index is 0.0190. The highest BCUT2D eigenvalue weighted by atomic mass is 16.2. The van der Waals surface area contributed by atoms with E-state index < -0.39 is 0 Å². The SMILES string of the molecule is CC1CN(C(=O)c2ccncc2C#CCN)CC(C)N1C. The molecule has 0 aliphatic carbocycles. The van der Waals surface area contributed by atoms with Gasteiger partial charge in [-0.2, -0.15) is 0 Å². The molecular formula is C16H22N4O. The van der Waals surface area contributed by atoms with Crippen LogP contribution in [-0.4, -0.2) is 59.5 Å². The van der Waals surface area contributed by atoms with Crippen molar-refractivity contribution < 1.29 is 4.79 Å². The molecule has 2 N–H and O–H groups in total. The molecule has 1 amide bonds. The van der Waals surface area contributed by atoms with Crippen molar-refractivity contribution in [1.82, 2.24) is 14.8 Å². The predicted molar refractivity (Wildman–Crippen MR) is 82.8 cm³/mol. The van der Waals surface area contributed by atoms with Gasteiger partial charge in [0.25, 0.3) is 5.91 Å². The zero-order chi connectivity index (χ0) is 15.4. The number of nitrogens with zero attached hydrogens (tertiary/aromatic N) is 3. The summed E-state index contributed by atoms with van der Waals surface area (Å²) in [5.41, 5.74) is 6.65. The van der Waals surface area contributed by atoms with Crippen LogP contribution in [0.15, 0.2) is 18.5 Å². The second kappa shape index (κ2) is 6.70. The summed E-state index contributed by atoms with van der Waals surface area (Å²) in [5, 5.41) is 0. The third-order valence-electron chi connectivity index (χ3n) is 4.02. The molecule has 2 unspecified atom stereocenters. The highest BCUT2D eigenvalue weighted by Crippen LogP contribution is 2.17. The quantitative estimate of drug-likeness (QED) is 0.766. The Labute approximate surface area is 126 Å². The van der Waals surface area contributed by atoms with Crippen LogP contribution in [0.4, 0.5) is 0 Å². The lowest BCUT2D eigenvalue weighted by Crippen LogP contribution is -2.56. The van der Waals surface area contributed by atoms with Gasteiger partial charge in [-0.1, -0.05) is 11.8 Å². The van der Waals surface area contributed by atoms with Gasteiger partial charge in [0.1, 0.15) is 0 Å². The Hall–Kier alpha value is -1.90. The molecule has 2 rings (SSSR count). The molecule has 2 heterocycles. The van der Waals surface area contributed by atoms with Crippen LogP contribution in [0.3, 0.4) is 0 Å². The lowest BCUT2D eigenvalue weighted by molar-refractivity contribution is 0.0414. The normalized spacial score (nSPS) is 22.6. The Balaban J connectivity index is 2.24. The van der Waals surface area contributed by atoms with Gasteiger partial charge in [-0.05, 0) is 27.0 Å². The summed E-state index contributed by atoms with van der Waals surface area (Å²) in [6.45, 7) is 6.00. The number of hydrogen-bond acceptors (Lipinski definition) is 4. The number of piperazine rings is 1. The molecule has 0 aromatic carbocycles. The van der Waals surface area contributed by atoms with E-state index in [-0.39, 0.29) is 12.5 Å². The average Bonchev–Trinajstić information content (AvgIpc) is 2.49. The van der Waals surface area contributed by atoms with Crippen LogP contribution >= 0.6 is 0 Å². The van der Waals surface area contributed by atoms with Gasteiger partial charge < -0.3 is 10.6 Å². The molecule has 0 spiro atoms. The van der Waals surface area contributed by atoms with Gasteiger partial charge in [-0.25, -0.2) is 0 Å². The maximum absolute atomic E-state index is 12.8. The molecular weight excluding hydrogens is 264 g/mol. The van der Waals surface area contributed by atoms with Crippen molar-refractivity contribution in [3.8, 4) is 11.8 Å². The van der Waals surface area contributed by atoms with E-state index in [2.05, 4.69) is 42.6 Å². The fraction of sp³-hybridized carbons (Fsp3) is 0.500.